The van der Waals surface area contributed by atoms with E-state index in [1.54, 1.807) is 6.92 Å². The van der Waals surface area contributed by atoms with Gasteiger partial charge in [0.15, 0.2) is 0 Å². The van der Waals surface area contributed by atoms with E-state index in [0.29, 0.717) is 0 Å². The van der Waals surface area contributed by atoms with Crippen LogP contribution in [-0.2, 0) is 28.0 Å². The van der Waals surface area contributed by atoms with Gasteiger partial charge in [0.25, 0.3) is 0 Å². The summed E-state index contributed by atoms with van der Waals surface area (Å²) in [6, 6.07) is 0. The molecule has 7 heteroatoms. The number of hydrogen-bond acceptors (Lipinski definition) is 6. The third-order valence-electron chi connectivity index (χ3n) is 0.888. The highest BCUT2D eigenvalue weighted by molar-refractivity contribution is 7.48. The Morgan fingerprint density at radius 2 is 2.23 bits per heavy atom. The van der Waals surface area contributed by atoms with Gasteiger partial charge in [-0.1, -0.05) is 11.3 Å². The molecule has 76 valence electrons. The summed E-state index contributed by atoms with van der Waals surface area (Å²) in [6.45, 7) is 4.80. The van der Waals surface area contributed by atoms with Crippen LogP contribution in [-0.4, -0.2) is 19.7 Å². The summed E-state index contributed by atoms with van der Waals surface area (Å²) in [7, 11) is -2.65. The van der Waals surface area contributed by atoms with E-state index < -0.39 is 13.8 Å². The molecular formula is C6H11O6P. The van der Waals surface area contributed by atoms with Gasteiger partial charge in [-0.05, 0) is 6.92 Å². The molecular weight excluding hydrogens is 199 g/mol. The van der Waals surface area contributed by atoms with Gasteiger partial charge in [-0.2, -0.15) is 0 Å². The highest BCUT2D eigenvalue weighted by Crippen LogP contribution is 2.48. The summed E-state index contributed by atoms with van der Waals surface area (Å²) in [5.41, 5.74) is 0. The van der Waals surface area contributed by atoms with E-state index in [2.05, 4.69) is 25.2 Å². The average molecular weight is 210 g/mol. The van der Waals surface area contributed by atoms with Gasteiger partial charge in [0, 0.05) is 13.2 Å². The van der Waals surface area contributed by atoms with Crippen molar-refractivity contribution in [2.24, 2.45) is 0 Å². The maximum absolute atomic E-state index is 11.2. The van der Waals surface area contributed by atoms with Gasteiger partial charge in [0.1, 0.15) is 0 Å². The predicted octanol–water partition coefficient (Wildman–Crippen LogP) is 1.44. The standard InChI is InChI=1S/C6H11O6P/c1-4-6(7)11-12-13(8,9-3)10-5-2/h4H,1,5H2,2-3H3. The number of rotatable bonds is 6. The fourth-order valence-corrected chi connectivity index (χ4v) is 1.07. The molecule has 0 aliphatic heterocycles. The zero-order valence-corrected chi connectivity index (χ0v) is 8.28. The smallest absolute Gasteiger partial charge is 0.288 e. The molecule has 0 rings (SSSR count). The second-order valence-electron chi connectivity index (χ2n) is 1.73. The number of carbonyl (C=O) groups is 1. The number of phosphoric acid groups is 1. The molecule has 0 heterocycles. The lowest BCUT2D eigenvalue weighted by atomic mass is 10.7. The van der Waals surface area contributed by atoms with Crippen molar-refractivity contribution in [3.8, 4) is 0 Å². The number of hydrogen-bond donors (Lipinski definition) is 0. The topological polar surface area (TPSA) is 71.1 Å². The van der Waals surface area contributed by atoms with Crippen LogP contribution in [0.2, 0.25) is 0 Å². The van der Waals surface area contributed by atoms with Crippen LogP contribution in [0.3, 0.4) is 0 Å². The van der Waals surface area contributed by atoms with Crippen molar-refractivity contribution in [3.63, 3.8) is 0 Å². The Hall–Kier alpha value is -0.680. The van der Waals surface area contributed by atoms with Crippen LogP contribution in [0.25, 0.3) is 0 Å². The van der Waals surface area contributed by atoms with Gasteiger partial charge in [0.05, 0.1) is 6.61 Å². The van der Waals surface area contributed by atoms with Crippen molar-refractivity contribution < 1.29 is 28.0 Å². The second kappa shape index (κ2) is 5.88. The molecule has 1 unspecified atom stereocenters. The van der Waals surface area contributed by atoms with E-state index in [4.69, 9.17) is 0 Å². The summed E-state index contributed by atoms with van der Waals surface area (Å²) in [4.78, 5) is 14.5. The summed E-state index contributed by atoms with van der Waals surface area (Å²) < 4.78 is 24.3. The van der Waals surface area contributed by atoms with Gasteiger partial charge in [-0.15, -0.1) is 0 Å². The minimum atomic E-state index is -3.76. The first-order valence-electron chi connectivity index (χ1n) is 3.41. The zero-order valence-electron chi connectivity index (χ0n) is 7.39. The summed E-state index contributed by atoms with van der Waals surface area (Å²) in [5.74, 6) is -0.878. The normalized spacial score (nSPS) is 14.6. The Bertz CT molecular complexity index is 225. The minimum Gasteiger partial charge on any atom is -0.288 e. The van der Waals surface area contributed by atoms with Crippen molar-refractivity contribution in [1.29, 1.82) is 0 Å². The van der Waals surface area contributed by atoms with E-state index in [-0.39, 0.29) is 6.61 Å². The number of phosphoric ester groups is 1. The van der Waals surface area contributed by atoms with Crippen LogP contribution >= 0.6 is 7.82 Å². The van der Waals surface area contributed by atoms with Gasteiger partial charge >= 0.3 is 13.8 Å². The molecule has 0 bridgehead atoms. The molecule has 0 radical (unpaired) electrons. The lowest BCUT2D eigenvalue weighted by Gasteiger charge is -2.11. The monoisotopic (exact) mass is 210 g/mol. The molecule has 0 aliphatic carbocycles. The van der Waals surface area contributed by atoms with Crippen LogP contribution in [0, 0.1) is 0 Å². The molecule has 13 heavy (non-hydrogen) atoms. The lowest BCUT2D eigenvalue weighted by Crippen LogP contribution is -2.03. The minimum absolute atomic E-state index is 0.108. The fourth-order valence-electron chi connectivity index (χ4n) is 0.379. The predicted molar refractivity (Wildman–Crippen MR) is 43.6 cm³/mol. The van der Waals surface area contributed by atoms with Crippen molar-refractivity contribution in [2.45, 2.75) is 6.92 Å². The van der Waals surface area contributed by atoms with E-state index in [1.165, 1.54) is 0 Å². The molecule has 0 aromatic rings. The maximum Gasteiger partial charge on any atom is 0.510 e. The first-order chi connectivity index (χ1) is 6.08. The molecule has 0 aromatic carbocycles. The lowest BCUT2D eigenvalue weighted by molar-refractivity contribution is -0.218. The molecule has 0 aromatic heterocycles. The molecule has 0 fully saturated rings. The van der Waals surface area contributed by atoms with Crippen molar-refractivity contribution >= 4 is 13.8 Å². The Kier molecular flexibility index (Phi) is 5.57. The first-order valence-corrected chi connectivity index (χ1v) is 4.87. The molecule has 1 atom stereocenters. The van der Waals surface area contributed by atoms with Crippen LogP contribution in [0.4, 0.5) is 0 Å². The van der Waals surface area contributed by atoms with Crippen molar-refractivity contribution in [1.82, 2.24) is 0 Å². The molecule has 0 saturated carbocycles. The Balaban J connectivity index is 4.04. The second-order valence-corrected chi connectivity index (χ2v) is 3.40. The van der Waals surface area contributed by atoms with E-state index in [9.17, 15) is 9.36 Å². The van der Waals surface area contributed by atoms with Crippen molar-refractivity contribution in [2.75, 3.05) is 13.7 Å². The van der Waals surface area contributed by atoms with E-state index in [1.807, 2.05) is 0 Å². The zero-order chi connectivity index (χ0) is 10.3. The quantitative estimate of drug-likeness (QED) is 0.286. The van der Waals surface area contributed by atoms with Crippen LogP contribution in [0.15, 0.2) is 12.7 Å². The van der Waals surface area contributed by atoms with Crippen LogP contribution in [0.5, 0.6) is 0 Å². The number of carbonyl (C=O) groups excluding carboxylic acids is 1. The molecule has 0 amide bonds. The average Bonchev–Trinajstić information content (AvgIpc) is 2.15. The van der Waals surface area contributed by atoms with Crippen LogP contribution in [0.1, 0.15) is 6.92 Å². The SMILES string of the molecule is C=CC(=O)OOP(=O)(OC)OCC. The highest BCUT2D eigenvalue weighted by Gasteiger charge is 2.27. The Labute approximate surface area is 76.0 Å². The maximum atomic E-state index is 11.2. The van der Waals surface area contributed by atoms with Gasteiger partial charge in [-0.25, -0.2) is 9.36 Å². The van der Waals surface area contributed by atoms with Gasteiger partial charge in [-0.3, -0.25) is 13.9 Å². The molecule has 0 spiro atoms. The largest absolute Gasteiger partial charge is 0.510 e. The highest BCUT2D eigenvalue weighted by atomic mass is 31.2. The fraction of sp³-hybridized carbons (Fsp3) is 0.500. The third kappa shape index (κ3) is 4.80. The summed E-state index contributed by atoms with van der Waals surface area (Å²) in [6.07, 6.45) is 0.853. The third-order valence-corrected chi connectivity index (χ3v) is 2.17. The van der Waals surface area contributed by atoms with Gasteiger partial charge in [0.2, 0.25) is 0 Å². The molecule has 0 N–H and O–H groups in total. The summed E-state index contributed by atoms with van der Waals surface area (Å²) in [5, 5.41) is 0. The summed E-state index contributed by atoms with van der Waals surface area (Å²) >= 11 is 0. The first kappa shape index (κ1) is 12.3. The van der Waals surface area contributed by atoms with E-state index in [0.717, 1.165) is 13.2 Å². The molecule has 0 saturated heterocycles. The Morgan fingerprint density at radius 3 is 2.62 bits per heavy atom. The van der Waals surface area contributed by atoms with Crippen molar-refractivity contribution in [3.05, 3.63) is 12.7 Å². The molecule has 0 aliphatic rings. The van der Waals surface area contributed by atoms with E-state index >= 15 is 0 Å². The van der Waals surface area contributed by atoms with Gasteiger partial charge < -0.3 is 0 Å². The van der Waals surface area contributed by atoms with Crippen LogP contribution < -0.4 is 0 Å². The molecule has 6 nitrogen and oxygen atoms in total. The Morgan fingerprint density at radius 1 is 1.62 bits per heavy atom.